The zero-order chi connectivity index (χ0) is 28.6. The molecule has 0 bridgehead atoms. The van der Waals surface area contributed by atoms with Crippen molar-refractivity contribution in [3.05, 3.63) is 71.8 Å². The molecule has 0 aliphatic carbocycles. The highest BCUT2D eigenvalue weighted by molar-refractivity contribution is 5.17. The van der Waals surface area contributed by atoms with Crippen LogP contribution in [-0.2, 0) is 22.6 Å². The first kappa shape index (κ1) is 32.6. The third-order valence-corrected chi connectivity index (χ3v) is 8.00. The molecular weight excluding hydrogens is 500 g/mol. The molecule has 2 N–H and O–H groups in total. The lowest BCUT2D eigenvalue weighted by Gasteiger charge is -2.35. The number of hydrogen-bond donors (Lipinski definition) is 1. The fourth-order valence-corrected chi connectivity index (χ4v) is 5.25. The zero-order valence-corrected chi connectivity index (χ0v) is 25.5. The van der Waals surface area contributed by atoms with Gasteiger partial charge in [0.15, 0.2) is 0 Å². The zero-order valence-electron chi connectivity index (χ0n) is 25.5. The third-order valence-electron chi connectivity index (χ3n) is 8.00. The van der Waals surface area contributed by atoms with E-state index in [1.165, 1.54) is 11.1 Å². The predicted molar refractivity (Wildman–Crippen MR) is 166 cm³/mol. The van der Waals surface area contributed by atoms with Gasteiger partial charge in [-0.15, -0.1) is 0 Å². The SMILES string of the molecule is CO[C@@H](CN)CN1CCN(C)CC1.CO[C@H](CN1CCN(C)CC1)CN(Cc1ccccc1)Cc1ccccc1. The van der Waals surface area contributed by atoms with Crippen LogP contribution in [0.1, 0.15) is 11.1 Å². The summed E-state index contributed by atoms with van der Waals surface area (Å²) >= 11 is 0. The minimum absolute atomic E-state index is 0.198. The Balaban J connectivity index is 0.000000285. The summed E-state index contributed by atoms with van der Waals surface area (Å²) in [5.74, 6) is 0. The van der Waals surface area contributed by atoms with Crippen molar-refractivity contribution in [2.45, 2.75) is 25.3 Å². The number of methoxy groups -OCH3 is 2. The van der Waals surface area contributed by atoms with Crippen molar-refractivity contribution in [3.63, 3.8) is 0 Å². The van der Waals surface area contributed by atoms with Gasteiger partial charge in [-0.2, -0.15) is 0 Å². The van der Waals surface area contributed by atoms with E-state index >= 15 is 0 Å². The van der Waals surface area contributed by atoms with Crippen molar-refractivity contribution in [2.75, 3.05) is 107 Å². The van der Waals surface area contributed by atoms with Crippen LogP contribution in [0.3, 0.4) is 0 Å². The lowest BCUT2D eigenvalue weighted by atomic mass is 10.1. The van der Waals surface area contributed by atoms with E-state index in [0.717, 1.165) is 85.1 Å². The molecule has 2 heterocycles. The van der Waals surface area contributed by atoms with Gasteiger partial charge in [0.05, 0.1) is 12.2 Å². The monoisotopic (exact) mass is 554 g/mol. The first-order valence-corrected chi connectivity index (χ1v) is 14.9. The summed E-state index contributed by atoms with van der Waals surface area (Å²) in [6, 6.07) is 21.5. The molecule has 8 heteroatoms. The third kappa shape index (κ3) is 12.3. The van der Waals surface area contributed by atoms with Gasteiger partial charge in [0.2, 0.25) is 0 Å². The number of nitrogens with zero attached hydrogens (tertiary/aromatic N) is 5. The van der Waals surface area contributed by atoms with Crippen LogP contribution in [0.25, 0.3) is 0 Å². The Morgan fingerprint density at radius 3 is 1.43 bits per heavy atom. The summed E-state index contributed by atoms with van der Waals surface area (Å²) in [6.07, 6.45) is 0.421. The highest BCUT2D eigenvalue weighted by Crippen LogP contribution is 2.13. The first-order chi connectivity index (χ1) is 19.5. The maximum atomic E-state index is 5.89. The van der Waals surface area contributed by atoms with E-state index in [-0.39, 0.29) is 12.2 Å². The van der Waals surface area contributed by atoms with E-state index in [1.807, 2.05) is 7.11 Å². The van der Waals surface area contributed by atoms with Crippen molar-refractivity contribution < 1.29 is 9.47 Å². The van der Waals surface area contributed by atoms with Crippen LogP contribution in [0.5, 0.6) is 0 Å². The minimum Gasteiger partial charge on any atom is -0.379 e. The number of hydrogen-bond acceptors (Lipinski definition) is 8. The van der Waals surface area contributed by atoms with Crippen LogP contribution in [0.4, 0.5) is 0 Å². The molecular formula is C32H54N6O2. The van der Waals surface area contributed by atoms with Crippen LogP contribution in [0.2, 0.25) is 0 Å². The van der Waals surface area contributed by atoms with Crippen LogP contribution >= 0.6 is 0 Å². The number of benzene rings is 2. The van der Waals surface area contributed by atoms with Gasteiger partial charge < -0.3 is 25.0 Å². The van der Waals surface area contributed by atoms with Gasteiger partial charge in [-0.25, -0.2) is 0 Å². The normalized spacial score (nSPS) is 19.2. The van der Waals surface area contributed by atoms with Crippen molar-refractivity contribution >= 4 is 0 Å². The molecule has 8 nitrogen and oxygen atoms in total. The topological polar surface area (TPSA) is 60.7 Å². The maximum Gasteiger partial charge on any atom is 0.0825 e. The minimum atomic E-state index is 0.198. The molecule has 2 aliphatic rings. The van der Waals surface area contributed by atoms with Gasteiger partial charge >= 0.3 is 0 Å². The average molecular weight is 555 g/mol. The Hall–Kier alpha value is -1.88. The Labute approximate surface area is 243 Å². The van der Waals surface area contributed by atoms with Crippen LogP contribution in [0, 0.1) is 0 Å². The summed E-state index contributed by atoms with van der Waals surface area (Å²) in [4.78, 5) is 12.2. The van der Waals surface area contributed by atoms with Gasteiger partial charge in [-0.1, -0.05) is 60.7 Å². The molecule has 40 heavy (non-hydrogen) atoms. The molecule has 0 saturated carbocycles. The molecule has 0 radical (unpaired) electrons. The van der Waals surface area contributed by atoms with Crippen molar-refractivity contribution in [1.29, 1.82) is 0 Å². The summed E-state index contributed by atoms with van der Waals surface area (Å²) in [5.41, 5.74) is 8.27. The molecule has 0 aromatic heterocycles. The number of rotatable bonds is 13. The standard InChI is InChI=1S/C23H33N3O.C9H21N3O/c1-24-13-15-25(16-14-24)19-23(27-2)20-26(17-21-9-5-3-6-10-21)18-22-11-7-4-8-12-22;1-11-3-5-12(6-4-11)8-9(7-10)13-2/h3-12,23H,13-20H2,1-2H3;9H,3-8,10H2,1-2H3/t23-;9-/m10/s1. The summed E-state index contributed by atoms with van der Waals surface area (Å²) in [6.45, 7) is 14.6. The molecule has 2 aromatic rings. The Bertz CT molecular complexity index is 843. The highest BCUT2D eigenvalue weighted by atomic mass is 16.5. The van der Waals surface area contributed by atoms with Gasteiger partial charge in [0, 0.05) is 106 Å². The van der Waals surface area contributed by atoms with Crippen LogP contribution < -0.4 is 5.73 Å². The van der Waals surface area contributed by atoms with Gasteiger partial charge in [0.25, 0.3) is 0 Å². The molecule has 2 saturated heterocycles. The van der Waals surface area contributed by atoms with Crippen molar-refractivity contribution in [3.8, 4) is 0 Å². The second-order valence-corrected chi connectivity index (χ2v) is 11.3. The van der Waals surface area contributed by atoms with Crippen LogP contribution in [-0.4, -0.2) is 144 Å². The molecule has 0 spiro atoms. The molecule has 2 atom stereocenters. The van der Waals surface area contributed by atoms with E-state index < -0.39 is 0 Å². The molecule has 0 unspecified atom stereocenters. The second kappa shape index (κ2) is 18.5. The molecule has 0 amide bonds. The second-order valence-electron chi connectivity index (χ2n) is 11.3. The summed E-state index contributed by atoms with van der Waals surface area (Å²) in [7, 11) is 7.94. The number of ether oxygens (including phenoxy) is 2. The van der Waals surface area contributed by atoms with E-state index in [1.54, 1.807) is 7.11 Å². The number of piperazine rings is 2. The van der Waals surface area contributed by atoms with E-state index in [4.69, 9.17) is 15.2 Å². The fraction of sp³-hybridized carbons (Fsp3) is 0.625. The van der Waals surface area contributed by atoms with E-state index in [9.17, 15) is 0 Å². The smallest absolute Gasteiger partial charge is 0.0825 e. The lowest BCUT2D eigenvalue weighted by molar-refractivity contribution is 0.0201. The summed E-state index contributed by atoms with van der Waals surface area (Å²) < 4.78 is 11.1. The maximum absolute atomic E-state index is 5.89. The van der Waals surface area contributed by atoms with Gasteiger partial charge in [-0.05, 0) is 25.2 Å². The van der Waals surface area contributed by atoms with E-state index in [0.29, 0.717) is 6.54 Å². The fourth-order valence-electron chi connectivity index (χ4n) is 5.25. The highest BCUT2D eigenvalue weighted by Gasteiger charge is 2.21. The number of likely N-dealkylation sites (N-methyl/N-ethyl adjacent to an activating group) is 2. The predicted octanol–water partition coefficient (Wildman–Crippen LogP) is 2.16. The van der Waals surface area contributed by atoms with Gasteiger partial charge in [0.1, 0.15) is 0 Å². The molecule has 2 aromatic carbocycles. The van der Waals surface area contributed by atoms with E-state index in [2.05, 4.69) is 99.3 Å². The number of nitrogens with two attached hydrogens (primary N) is 1. The van der Waals surface area contributed by atoms with Crippen LogP contribution in [0.15, 0.2) is 60.7 Å². The Morgan fingerprint density at radius 1 is 0.650 bits per heavy atom. The molecule has 2 aliphatic heterocycles. The molecule has 224 valence electrons. The average Bonchev–Trinajstić information content (AvgIpc) is 2.99. The van der Waals surface area contributed by atoms with Gasteiger partial charge in [-0.3, -0.25) is 14.7 Å². The molecule has 4 rings (SSSR count). The first-order valence-electron chi connectivity index (χ1n) is 14.9. The Kier molecular flexibility index (Phi) is 15.1. The van der Waals surface area contributed by atoms with Crippen molar-refractivity contribution in [2.24, 2.45) is 5.73 Å². The van der Waals surface area contributed by atoms with Crippen molar-refractivity contribution in [1.82, 2.24) is 24.5 Å². The Morgan fingerprint density at radius 2 is 1.05 bits per heavy atom. The largest absolute Gasteiger partial charge is 0.379 e. The lowest BCUT2D eigenvalue weighted by Crippen LogP contribution is -2.49. The molecule has 2 fully saturated rings. The summed E-state index contributed by atoms with van der Waals surface area (Å²) in [5, 5.41) is 0. The quantitative estimate of drug-likeness (QED) is 0.404.